The molecule has 0 aromatic heterocycles. The van der Waals surface area contributed by atoms with Crippen molar-refractivity contribution in [2.75, 3.05) is 66.7 Å². The van der Waals surface area contributed by atoms with E-state index in [0.29, 0.717) is 19.8 Å². The van der Waals surface area contributed by atoms with Crippen molar-refractivity contribution < 1.29 is 18.9 Å². The van der Waals surface area contributed by atoms with Crippen LogP contribution < -0.4 is 14.8 Å². The van der Waals surface area contributed by atoms with Crippen LogP contribution >= 0.6 is 0 Å². The monoisotopic (exact) mass is 448 g/mol. The Kier molecular flexibility index (Phi) is 9.89. The van der Waals surface area contributed by atoms with Crippen LogP contribution in [0.5, 0.6) is 11.5 Å². The number of likely N-dealkylation sites (N-methyl/N-ethyl adjacent to an activating group) is 1. The third-order valence-electron chi connectivity index (χ3n) is 6.22. The smallest absolute Gasteiger partial charge is 0.194 e. The molecule has 0 spiro atoms. The number of benzene rings is 1. The Balaban J connectivity index is 1.53. The van der Waals surface area contributed by atoms with Gasteiger partial charge in [0.25, 0.3) is 0 Å². The lowest BCUT2D eigenvalue weighted by molar-refractivity contribution is -0.0817. The lowest BCUT2D eigenvalue weighted by Crippen LogP contribution is -2.53. The zero-order valence-electron chi connectivity index (χ0n) is 20.1. The van der Waals surface area contributed by atoms with Gasteiger partial charge in [0.15, 0.2) is 17.5 Å². The predicted molar refractivity (Wildman–Crippen MR) is 127 cm³/mol. The van der Waals surface area contributed by atoms with E-state index in [9.17, 15) is 0 Å². The SMILES string of the molecule is CCN(CC)CCOc1ccc(CNC(=NC)N2CCOC(C3CCCO3)C2)cc1OC. The Hall–Kier alpha value is -2.03. The molecule has 2 saturated heterocycles. The fourth-order valence-electron chi connectivity index (χ4n) is 4.27. The van der Waals surface area contributed by atoms with E-state index in [4.69, 9.17) is 18.9 Å². The van der Waals surface area contributed by atoms with Crippen LogP contribution in [0.15, 0.2) is 23.2 Å². The molecule has 1 N–H and O–H groups in total. The van der Waals surface area contributed by atoms with E-state index in [2.05, 4.69) is 40.0 Å². The van der Waals surface area contributed by atoms with Crippen LogP contribution in [-0.2, 0) is 16.0 Å². The molecule has 8 heteroatoms. The van der Waals surface area contributed by atoms with Gasteiger partial charge >= 0.3 is 0 Å². The predicted octanol–water partition coefficient (Wildman–Crippen LogP) is 2.37. The zero-order valence-corrected chi connectivity index (χ0v) is 20.1. The number of morpholine rings is 1. The quantitative estimate of drug-likeness (QED) is 0.435. The minimum Gasteiger partial charge on any atom is -0.493 e. The maximum absolute atomic E-state index is 5.97. The van der Waals surface area contributed by atoms with Gasteiger partial charge < -0.3 is 34.1 Å². The molecule has 2 unspecified atom stereocenters. The largest absolute Gasteiger partial charge is 0.493 e. The van der Waals surface area contributed by atoms with Gasteiger partial charge in [-0.3, -0.25) is 4.99 Å². The van der Waals surface area contributed by atoms with E-state index in [1.54, 1.807) is 7.11 Å². The molecule has 2 heterocycles. The average Bonchev–Trinajstić information content (AvgIpc) is 3.38. The molecule has 1 aromatic carbocycles. The molecule has 180 valence electrons. The summed E-state index contributed by atoms with van der Waals surface area (Å²) in [7, 11) is 3.51. The van der Waals surface area contributed by atoms with Crippen LogP contribution in [0.4, 0.5) is 0 Å². The number of aliphatic imine (C=N–C) groups is 1. The minimum atomic E-state index is 0.109. The first kappa shape index (κ1) is 24.6. The van der Waals surface area contributed by atoms with Gasteiger partial charge in [-0.2, -0.15) is 0 Å². The van der Waals surface area contributed by atoms with E-state index in [-0.39, 0.29) is 12.2 Å². The molecular weight excluding hydrogens is 408 g/mol. The fourth-order valence-corrected chi connectivity index (χ4v) is 4.27. The molecule has 2 aliphatic heterocycles. The van der Waals surface area contributed by atoms with Gasteiger partial charge in [-0.05, 0) is 43.6 Å². The van der Waals surface area contributed by atoms with Crippen LogP contribution in [0.2, 0.25) is 0 Å². The summed E-state index contributed by atoms with van der Waals surface area (Å²) in [5, 5.41) is 3.49. The van der Waals surface area contributed by atoms with Crippen molar-refractivity contribution in [2.45, 2.75) is 45.4 Å². The normalized spacial score (nSPS) is 21.8. The van der Waals surface area contributed by atoms with Crippen molar-refractivity contribution in [1.82, 2.24) is 15.1 Å². The van der Waals surface area contributed by atoms with Crippen molar-refractivity contribution >= 4 is 5.96 Å². The molecule has 2 aliphatic rings. The van der Waals surface area contributed by atoms with E-state index in [0.717, 1.165) is 75.2 Å². The van der Waals surface area contributed by atoms with E-state index >= 15 is 0 Å². The van der Waals surface area contributed by atoms with Gasteiger partial charge in [0, 0.05) is 39.8 Å². The molecular formula is C24H40N4O4. The number of methoxy groups -OCH3 is 1. The highest BCUT2D eigenvalue weighted by atomic mass is 16.5. The van der Waals surface area contributed by atoms with Crippen LogP contribution in [0.1, 0.15) is 32.3 Å². The van der Waals surface area contributed by atoms with Crippen LogP contribution in [0, 0.1) is 0 Å². The van der Waals surface area contributed by atoms with Gasteiger partial charge in [0.05, 0.1) is 19.8 Å². The van der Waals surface area contributed by atoms with Crippen molar-refractivity contribution in [3.8, 4) is 11.5 Å². The lowest BCUT2D eigenvalue weighted by Gasteiger charge is -2.37. The Bertz CT molecular complexity index is 720. The number of rotatable bonds is 10. The minimum absolute atomic E-state index is 0.109. The molecule has 2 fully saturated rings. The molecule has 2 atom stereocenters. The highest BCUT2D eigenvalue weighted by Gasteiger charge is 2.32. The number of nitrogens with one attached hydrogen (secondary N) is 1. The Labute approximate surface area is 192 Å². The first-order valence-corrected chi connectivity index (χ1v) is 11.9. The zero-order chi connectivity index (χ0) is 22.8. The van der Waals surface area contributed by atoms with Gasteiger partial charge in [-0.15, -0.1) is 0 Å². The molecule has 32 heavy (non-hydrogen) atoms. The number of hydrogen-bond donors (Lipinski definition) is 1. The summed E-state index contributed by atoms with van der Waals surface area (Å²) >= 11 is 0. The second-order valence-corrected chi connectivity index (χ2v) is 8.17. The number of nitrogens with zero attached hydrogens (tertiary/aromatic N) is 3. The molecule has 8 nitrogen and oxygen atoms in total. The van der Waals surface area contributed by atoms with E-state index in [1.165, 1.54) is 0 Å². The summed E-state index contributed by atoms with van der Waals surface area (Å²) in [6, 6.07) is 6.09. The van der Waals surface area contributed by atoms with E-state index < -0.39 is 0 Å². The molecule has 0 aliphatic carbocycles. The Morgan fingerprint density at radius 3 is 2.69 bits per heavy atom. The molecule has 3 rings (SSSR count). The third kappa shape index (κ3) is 6.73. The number of guanidine groups is 1. The highest BCUT2D eigenvalue weighted by molar-refractivity contribution is 5.80. The molecule has 0 bridgehead atoms. The van der Waals surface area contributed by atoms with Gasteiger partial charge in [0.2, 0.25) is 0 Å². The number of hydrogen-bond acceptors (Lipinski definition) is 6. The summed E-state index contributed by atoms with van der Waals surface area (Å²) in [4.78, 5) is 9.10. The first-order chi connectivity index (χ1) is 15.7. The molecule has 0 saturated carbocycles. The summed E-state index contributed by atoms with van der Waals surface area (Å²) in [5.41, 5.74) is 1.11. The van der Waals surface area contributed by atoms with Gasteiger partial charge in [-0.1, -0.05) is 19.9 Å². The van der Waals surface area contributed by atoms with Crippen LogP contribution in [-0.4, -0.2) is 94.7 Å². The topological polar surface area (TPSA) is 67.8 Å². The third-order valence-corrected chi connectivity index (χ3v) is 6.22. The highest BCUT2D eigenvalue weighted by Crippen LogP contribution is 2.28. The summed E-state index contributed by atoms with van der Waals surface area (Å²) in [6.07, 6.45) is 2.51. The van der Waals surface area contributed by atoms with Gasteiger partial charge in [-0.25, -0.2) is 0 Å². The summed E-state index contributed by atoms with van der Waals surface area (Å²) in [6.45, 7) is 11.8. The van der Waals surface area contributed by atoms with Crippen molar-refractivity contribution in [2.24, 2.45) is 4.99 Å². The molecule has 0 radical (unpaired) electrons. The molecule has 0 amide bonds. The first-order valence-electron chi connectivity index (χ1n) is 11.9. The molecule has 1 aromatic rings. The second-order valence-electron chi connectivity index (χ2n) is 8.17. The maximum Gasteiger partial charge on any atom is 0.194 e. The van der Waals surface area contributed by atoms with Crippen molar-refractivity contribution in [3.05, 3.63) is 23.8 Å². The maximum atomic E-state index is 5.97. The second kappa shape index (κ2) is 12.9. The Morgan fingerprint density at radius 1 is 1.19 bits per heavy atom. The van der Waals surface area contributed by atoms with Gasteiger partial charge in [0.1, 0.15) is 12.7 Å². The average molecular weight is 449 g/mol. The van der Waals surface area contributed by atoms with Crippen molar-refractivity contribution in [3.63, 3.8) is 0 Å². The number of ether oxygens (including phenoxy) is 4. The standard InChI is InChI=1S/C24H40N4O4/c1-5-27(6-2)11-14-31-21-10-9-19(16-22(21)29-4)17-26-24(25-3)28-12-15-32-23(18-28)20-8-7-13-30-20/h9-10,16,20,23H,5-8,11-15,17-18H2,1-4H3,(H,25,26). The van der Waals surface area contributed by atoms with E-state index in [1.807, 2.05) is 19.2 Å². The fraction of sp³-hybridized carbons (Fsp3) is 0.708. The summed E-state index contributed by atoms with van der Waals surface area (Å²) in [5.74, 6) is 2.42. The Morgan fingerprint density at radius 2 is 2.00 bits per heavy atom. The lowest BCUT2D eigenvalue weighted by atomic mass is 10.1. The van der Waals surface area contributed by atoms with Crippen LogP contribution in [0.25, 0.3) is 0 Å². The summed E-state index contributed by atoms with van der Waals surface area (Å²) < 4.78 is 23.4. The van der Waals surface area contributed by atoms with Crippen LogP contribution in [0.3, 0.4) is 0 Å². The van der Waals surface area contributed by atoms with Crippen molar-refractivity contribution in [1.29, 1.82) is 0 Å².